The van der Waals surface area contributed by atoms with E-state index in [2.05, 4.69) is 5.32 Å². The third-order valence-electron chi connectivity index (χ3n) is 2.99. The molecule has 1 atom stereocenters. The number of aliphatic hydroxyl groups is 1. The number of amides is 1. The minimum atomic E-state index is -1.15. The Kier molecular flexibility index (Phi) is 4.35. The predicted molar refractivity (Wildman–Crippen MR) is 79.3 cm³/mol. The maximum absolute atomic E-state index is 12.0. The summed E-state index contributed by atoms with van der Waals surface area (Å²) in [6.07, 6.45) is 0. The van der Waals surface area contributed by atoms with Crippen molar-refractivity contribution in [2.75, 3.05) is 6.54 Å². The molecule has 0 saturated carbocycles. The molecule has 2 aromatic rings. The van der Waals surface area contributed by atoms with Crippen molar-refractivity contribution in [3.63, 3.8) is 0 Å². The molecule has 1 aromatic carbocycles. The summed E-state index contributed by atoms with van der Waals surface area (Å²) in [5, 5.41) is 25.3. The Morgan fingerprint density at radius 3 is 2.57 bits per heavy atom. The zero-order chi connectivity index (χ0) is 15.5. The van der Waals surface area contributed by atoms with Gasteiger partial charge in [-0.25, -0.2) is 0 Å². The fourth-order valence-electron chi connectivity index (χ4n) is 1.76. The van der Waals surface area contributed by atoms with Crippen molar-refractivity contribution in [3.8, 4) is 0 Å². The quantitative estimate of drug-likeness (QED) is 0.655. The number of thiophene rings is 1. The first-order chi connectivity index (χ1) is 9.90. The summed E-state index contributed by atoms with van der Waals surface area (Å²) in [5.41, 5.74) is -0.912. The van der Waals surface area contributed by atoms with Crippen molar-refractivity contribution < 1.29 is 14.8 Å². The van der Waals surface area contributed by atoms with Crippen LogP contribution < -0.4 is 5.32 Å². The number of hydrogen-bond acceptors (Lipinski definition) is 5. The number of carbonyl (C=O) groups excluding carboxylic acids is 1. The van der Waals surface area contributed by atoms with Gasteiger partial charge in [0.1, 0.15) is 5.60 Å². The fourth-order valence-corrected chi connectivity index (χ4v) is 2.55. The summed E-state index contributed by atoms with van der Waals surface area (Å²) < 4.78 is 0. The molecule has 0 fully saturated rings. The standard InChI is InChI=1S/C14H14N2O4S/c1-14(18,12-3-2-8-21-12)9-15-13(17)10-4-6-11(7-5-10)16(19)20/h2-8,18H,9H2,1H3,(H,15,17). The van der Waals surface area contributed by atoms with Crippen LogP contribution in [0.4, 0.5) is 5.69 Å². The van der Waals surface area contributed by atoms with Crippen molar-refractivity contribution in [1.82, 2.24) is 5.32 Å². The molecule has 7 heteroatoms. The fraction of sp³-hybridized carbons (Fsp3) is 0.214. The SMILES string of the molecule is CC(O)(CNC(=O)c1ccc([N+](=O)[O-])cc1)c1cccs1. The Labute approximate surface area is 125 Å². The molecule has 0 spiro atoms. The number of benzene rings is 1. The topological polar surface area (TPSA) is 92.5 Å². The molecule has 21 heavy (non-hydrogen) atoms. The molecule has 2 rings (SSSR count). The minimum absolute atomic E-state index is 0.0589. The van der Waals surface area contributed by atoms with E-state index in [0.29, 0.717) is 5.56 Å². The number of nitro benzene ring substituents is 1. The third-order valence-corrected chi connectivity index (χ3v) is 4.11. The normalized spacial score (nSPS) is 13.4. The van der Waals surface area contributed by atoms with Gasteiger partial charge >= 0.3 is 0 Å². The van der Waals surface area contributed by atoms with Crippen LogP contribution in [0.3, 0.4) is 0 Å². The van der Waals surface area contributed by atoms with E-state index >= 15 is 0 Å². The zero-order valence-corrected chi connectivity index (χ0v) is 12.1. The molecular formula is C14H14N2O4S. The average molecular weight is 306 g/mol. The third kappa shape index (κ3) is 3.65. The Bertz CT molecular complexity index is 636. The van der Waals surface area contributed by atoms with Crippen LogP contribution in [0.25, 0.3) is 0 Å². The molecule has 0 aliphatic heterocycles. The van der Waals surface area contributed by atoms with Gasteiger partial charge in [-0.1, -0.05) is 6.07 Å². The molecule has 0 aliphatic carbocycles. The highest BCUT2D eigenvalue weighted by Crippen LogP contribution is 2.24. The summed E-state index contributed by atoms with van der Waals surface area (Å²) in [4.78, 5) is 22.7. The summed E-state index contributed by atoms with van der Waals surface area (Å²) in [6.45, 7) is 1.68. The highest BCUT2D eigenvalue weighted by molar-refractivity contribution is 7.10. The molecule has 1 unspecified atom stereocenters. The van der Waals surface area contributed by atoms with E-state index in [9.17, 15) is 20.0 Å². The molecule has 0 saturated heterocycles. The molecule has 110 valence electrons. The van der Waals surface area contributed by atoms with Crippen molar-refractivity contribution in [2.45, 2.75) is 12.5 Å². The van der Waals surface area contributed by atoms with E-state index in [-0.39, 0.29) is 18.1 Å². The van der Waals surface area contributed by atoms with E-state index < -0.39 is 10.5 Å². The van der Waals surface area contributed by atoms with Gasteiger partial charge < -0.3 is 10.4 Å². The first-order valence-electron chi connectivity index (χ1n) is 6.19. The highest BCUT2D eigenvalue weighted by atomic mass is 32.1. The number of rotatable bonds is 5. The number of non-ortho nitro benzene ring substituents is 1. The zero-order valence-electron chi connectivity index (χ0n) is 11.3. The Hall–Kier alpha value is -2.25. The monoisotopic (exact) mass is 306 g/mol. The van der Waals surface area contributed by atoms with E-state index in [4.69, 9.17) is 0 Å². The molecule has 1 heterocycles. The average Bonchev–Trinajstić information content (AvgIpc) is 3.00. The van der Waals surface area contributed by atoms with Crippen LogP contribution in [0.15, 0.2) is 41.8 Å². The van der Waals surface area contributed by atoms with E-state index in [0.717, 1.165) is 4.88 Å². The van der Waals surface area contributed by atoms with Crippen LogP contribution in [0.1, 0.15) is 22.2 Å². The van der Waals surface area contributed by atoms with E-state index in [1.165, 1.54) is 35.6 Å². The van der Waals surface area contributed by atoms with Gasteiger partial charge in [0.15, 0.2) is 0 Å². The van der Waals surface area contributed by atoms with Gasteiger partial charge in [0.2, 0.25) is 0 Å². The first-order valence-corrected chi connectivity index (χ1v) is 7.07. The second kappa shape index (κ2) is 6.02. The van der Waals surface area contributed by atoms with E-state index in [1.807, 2.05) is 11.4 Å². The summed E-state index contributed by atoms with van der Waals surface area (Å²) >= 11 is 1.41. The molecule has 0 radical (unpaired) electrons. The van der Waals surface area contributed by atoms with Crippen molar-refractivity contribution >= 4 is 22.9 Å². The van der Waals surface area contributed by atoms with Gasteiger partial charge in [0.25, 0.3) is 11.6 Å². The predicted octanol–water partition coefficient (Wildman–Crippen LogP) is 2.29. The van der Waals surface area contributed by atoms with Crippen LogP contribution in [0.5, 0.6) is 0 Å². The van der Waals surface area contributed by atoms with E-state index in [1.54, 1.807) is 13.0 Å². The second-order valence-electron chi connectivity index (χ2n) is 4.74. The van der Waals surface area contributed by atoms with Crippen LogP contribution in [0.2, 0.25) is 0 Å². The van der Waals surface area contributed by atoms with Gasteiger partial charge in [-0.05, 0) is 30.5 Å². The molecule has 2 N–H and O–H groups in total. The van der Waals surface area contributed by atoms with Crippen molar-refractivity contribution in [3.05, 3.63) is 62.3 Å². The number of nitrogens with zero attached hydrogens (tertiary/aromatic N) is 1. The number of nitrogens with one attached hydrogen (secondary N) is 1. The van der Waals surface area contributed by atoms with Crippen LogP contribution in [-0.2, 0) is 5.60 Å². The van der Waals surface area contributed by atoms with Gasteiger partial charge in [0, 0.05) is 22.6 Å². The maximum Gasteiger partial charge on any atom is 0.269 e. The molecule has 0 aliphatic rings. The lowest BCUT2D eigenvalue weighted by atomic mass is 10.0. The molecule has 1 aromatic heterocycles. The lowest BCUT2D eigenvalue weighted by Gasteiger charge is -2.22. The van der Waals surface area contributed by atoms with Crippen LogP contribution >= 0.6 is 11.3 Å². The summed E-state index contributed by atoms with van der Waals surface area (Å²) in [5.74, 6) is -0.387. The van der Waals surface area contributed by atoms with Gasteiger partial charge in [-0.2, -0.15) is 0 Å². The number of nitro groups is 1. The molecule has 6 nitrogen and oxygen atoms in total. The first kappa shape index (κ1) is 15.1. The molecule has 0 bridgehead atoms. The largest absolute Gasteiger partial charge is 0.383 e. The van der Waals surface area contributed by atoms with Crippen molar-refractivity contribution in [2.24, 2.45) is 0 Å². The van der Waals surface area contributed by atoms with Gasteiger partial charge in [-0.3, -0.25) is 14.9 Å². The lowest BCUT2D eigenvalue weighted by molar-refractivity contribution is -0.384. The molecular weight excluding hydrogens is 292 g/mol. The van der Waals surface area contributed by atoms with Gasteiger partial charge in [0.05, 0.1) is 11.5 Å². The Balaban J connectivity index is 2.00. The van der Waals surface area contributed by atoms with Crippen molar-refractivity contribution in [1.29, 1.82) is 0 Å². The maximum atomic E-state index is 12.0. The highest BCUT2D eigenvalue weighted by Gasteiger charge is 2.25. The Morgan fingerprint density at radius 1 is 1.38 bits per heavy atom. The van der Waals surface area contributed by atoms with Crippen LogP contribution in [0, 0.1) is 10.1 Å². The minimum Gasteiger partial charge on any atom is -0.383 e. The smallest absolute Gasteiger partial charge is 0.269 e. The lowest BCUT2D eigenvalue weighted by Crippen LogP contribution is -2.38. The van der Waals surface area contributed by atoms with Crippen LogP contribution in [-0.4, -0.2) is 22.5 Å². The summed E-state index contributed by atoms with van der Waals surface area (Å²) in [6, 6.07) is 8.93. The van der Waals surface area contributed by atoms with Gasteiger partial charge in [-0.15, -0.1) is 11.3 Å². The summed E-state index contributed by atoms with van der Waals surface area (Å²) in [7, 11) is 0. The number of carbonyl (C=O) groups is 1. The second-order valence-corrected chi connectivity index (χ2v) is 5.69. The number of hydrogen-bond donors (Lipinski definition) is 2. The Morgan fingerprint density at radius 2 is 2.05 bits per heavy atom. The molecule has 1 amide bonds.